The van der Waals surface area contributed by atoms with E-state index in [1.807, 2.05) is 17.0 Å². The van der Waals surface area contributed by atoms with Crippen LogP contribution in [-0.4, -0.2) is 61.7 Å². The highest BCUT2D eigenvalue weighted by atomic mass is 16.6. The Balaban J connectivity index is 1.56. The van der Waals surface area contributed by atoms with Crippen LogP contribution in [0.4, 0.5) is 4.79 Å². The number of ether oxygens (including phenoxy) is 2. The second kappa shape index (κ2) is 8.43. The van der Waals surface area contributed by atoms with Gasteiger partial charge in [0.15, 0.2) is 0 Å². The lowest BCUT2D eigenvalue weighted by Crippen LogP contribution is -2.51. The lowest BCUT2D eigenvalue weighted by Gasteiger charge is -2.34. The summed E-state index contributed by atoms with van der Waals surface area (Å²) in [6, 6.07) is 8.09. The minimum Gasteiger partial charge on any atom is -0.497 e. The molecule has 6 nitrogen and oxygen atoms in total. The summed E-state index contributed by atoms with van der Waals surface area (Å²) in [7, 11) is 1.66. The highest BCUT2D eigenvalue weighted by Gasteiger charge is 2.35. The molecule has 0 aromatic heterocycles. The van der Waals surface area contributed by atoms with Crippen LogP contribution in [0.15, 0.2) is 24.3 Å². The molecule has 0 radical (unpaired) electrons. The number of methoxy groups -OCH3 is 1. The highest BCUT2D eigenvalue weighted by Crippen LogP contribution is 2.45. The normalized spacial score (nSPS) is 18.4. The number of rotatable bonds is 6. The molecule has 1 aromatic rings. The molecule has 26 heavy (non-hydrogen) atoms. The Morgan fingerprint density at radius 1 is 1.08 bits per heavy atom. The van der Waals surface area contributed by atoms with Crippen LogP contribution in [0.3, 0.4) is 0 Å². The van der Waals surface area contributed by atoms with E-state index in [0.717, 1.165) is 5.75 Å². The van der Waals surface area contributed by atoms with Crippen molar-refractivity contribution in [1.82, 2.24) is 9.80 Å². The van der Waals surface area contributed by atoms with Gasteiger partial charge in [-0.3, -0.25) is 4.79 Å². The minimum atomic E-state index is -0.284. The molecule has 2 fully saturated rings. The zero-order chi connectivity index (χ0) is 18.5. The zero-order valence-corrected chi connectivity index (χ0v) is 15.6. The van der Waals surface area contributed by atoms with Gasteiger partial charge in [0.25, 0.3) is 0 Å². The first-order chi connectivity index (χ1) is 12.6. The van der Waals surface area contributed by atoms with E-state index in [1.54, 1.807) is 18.9 Å². The molecule has 2 aliphatic rings. The summed E-state index contributed by atoms with van der Waals surface area (Å²) in [5, 5.41) is 0. The van der Waals surface area contributed by atoms with Crippen LogP contribution < -0.4 is 4.74 Å². The summed E-state index contributed by atoms with van der Waals surface area (Å²) in [6.45, 7) is 4.43. The summed E-state index contributed by atoms with van der Waals surface area (Å²) < 4.78 is 10.3. The molecule has 0 spiro atoms. The van der Waals surface area contributed by atoms with Crippen molar-refractivity contribution in [2.24, 2.45) is 5.92 Å². The van der Waals surface area contributed by atoms with Crippen molar-refractivity contribution in [2.75, 3.05) is 39.9 Å². The molecule has 0 bridgehead atoms. The van der Waals surface area contributed by atoms with E-state index in [4.69, 9.17) is 9.47 Å². The third-order valence-corrected chi connectivity index (χ3v) is 5.29. The van der Waals surface area contributed by atoms with Gasteiger partial charge in [0.1, 0.15) is 5.75 Å². The van der Waals surface area contributed by atoms with Gasteiger partial charge in [-0.25, -0.2) is 4.79 Å². The van der Waals surface area contributed by atoms with Crippen molar-refractivity contribution in [3.63, 3.8) is 0 Å². The van der Waals surface area contributed by atoms with Crippen molar-refractivity contribution >= 4 is 12.0 Å². The molecule has 1 saturated heterocycles. The molecule has 1 aromatic carbocycles. The maximum atomic E-state index is 12.8. The standard InChI is InChI=1S/C20H28N2O4/c1-3-26-20(24)22-12-10-21(11-13-22)19(23)14-18(15-4-5-15)16-6-8-17(25-2)9-7-16/h6-9,15,18H,3-5,10-14H2,1-2H3. The largest absolute Gasteiger partial charge is 0.497 e. The van der Waals surface area contributed by atoms with Gasteiger partial charge >= 0.3 is 6.09 Å². The molecule has 1 aliphatic heterocycles. The molecule has 142 valence electrons. The van der Waals surface area contributed by atoms with Gasteiger partial charge in [0.05, 0.1) is 13.7 Å². The second-order valence-electron chi connectivity index (χ2n) is 6.99. The maximum absolute atomic E-state index is 12.8. The number of carbonyl (C=O) groups is 2. The van der Waals surface area contributed by atoms with Gasteiger partial charge in [-0.2, -0.15) is 0 Å². The lowest BCUT2D eigenvalue weighted by molar-refractivity contribution is -0.133. The monoisotopic (exact) mass is 360 g/mol. The van der Waals surface area contributed by atoms with Gasteiger partial charge < -0.3 is 19.3 Å². The van der Waals surface area contributed by atoms with Gasteiger partial charge in [-0.1, -0.05) is 12.1 Å². The highest BCUT2D eigenvalue weighted by molar-refractivity contribution is 5.78. The first kappa shape index (κ1) is 18.5. The average molecular weight is 360 g/mol. The van der Waals surface area contributed by atoms with Crippen LogP contribution >= 0.6 is 0 Å². The maximum Gasteiger partial charge on any atom is 0.409 e. The molecule has 1 atom stereocenters. The van der Waals surface area contributed by atoms with Crippen LogP contribution in [0, 0.1) is 5.92 Å². The summed E-state index contributed by atoms with van der Waals surface area (Å²) in [6.07, 6.45) is 2.64. The Morgan fingerprint density at radius 3 is 2.23 bits per heavy atom. The number of benzene rings is 1. The van der Waals surface area contributed by atoms with Crippen molar-refractivity contribution in [3.8, 4) is 5.75 Å². The molecule has 6 heteroatoms. The number of piperazine rings is 1. The van der Waals surface area contributed by atoms with E-state index in [0.29, 0.717) is 45.1 Å². The Bertz CT molecular complexity index is 619. The van der Waals surface area contributed by atoms with Crippen molar-refractivity contribution in [1.29, 1.82) is 0 Å². The summed E-state index contributed by atoms with van der Waals surface area (Å²) in [5.74, 6) is 1.90. The number of carbonyl (C=O) groups excluding carboxylic acids is 2. The first-order valence-electron chi connectivity index (χ1n) is 9.45. The Morgan fingerprint density at radius 2 is 1.69 bits per heavy atom. The van der Waals surface area contributed by atoms with Gasteiger partial charge in [-0.15, -0.1) is 0 Å². The molecular formula is C20H28N2O4. The second-order valence-corrected chi connectivity index (χ2v) is 6.99. The van der Waals surface area contributed by atoms with E-state index < -0.39 is 0 Å². The molecular weight excluding hydrogens is 332 g/mol. The van der Waals surface area contributed by atoms with Crippen LogP contribution in [0.1, 0.15) is 37.7 Å². The Hall–Kier alpha value is -2.24. The molecule has 3 rings (SSSR count). The number of amides is 2. The predicted octanol–water partition coefficient (Wildman–Crippen LogP) is 2.88. The van der Waals surface area contributed by atoms with Crippen molar-refractivity contribution in [3.05, 3.63) is 29.8 Å². The molecule has 1 heterocycles. The van der Waals surface area contributed by atoms with E-state index in [-0.39, 0.29) is 17.9 Å². The SMILES string of the molecule is CCOC(=O)N1CCN(C(=O)CC(c2ccc(OC)cc2)C2CC2)CC1. The van der Waals surface area contributed by atoms with Gasteiger partial charge in [0.2, 0.25) is 5.91 Å². The lowest BCUT2D eigenvalue weighted by atomic mass is 9.90. The fourth-order valence-electron chi connectivity index (χ4n) is 3.58. The number of hydrogen-bond acceptors (Lipinski definition) is 4. The molecule has 2 amide bonds. The summed E-state index contributed by atoms with van der Waals surface area (Å²) >= 11 is 0. The third kappa shape index (κ3) is 4.48. The third-order valence-electron chi connectivity index (χ3n) is 5.29. The molecule has 1 aliphatic carbocycles. The van der Waals surface area contributed by atoms with Crippen LogP contribution in [-0.2, 0) is 9.53 Å². The Kier molecular flexibility index (Phi) is 6.01. The molecule has 0 N–H and O–H groups in total. The minimum absolute atomic E-state index is 0.182. The Labute approximate surface area is 155 Å². The molecule has 1 unspecified atom stereocenters. The van der Waals surface area contributed by atoms with Crippen LogP contribution in [0.5, 0.6) is 5.75 Å². The van der Waals surface area contributed by atoms with Crippen LogP contribution in [0.2, 0.25) is 0 Å². The zero-order valence-electron chi connectivity index (χ0n) is 15.6. The summed E-state index contributed by atoms with van der Waals surface area (Å²) in [5.41, 5.74) is 1.21. The van der Waals surface area contributed by atoms with Crippen molar-refractivity contribution < 1.29 is 19.1 Å². The van der Waals surface area contributed by atoms with E-state index in [1.165, 1.54) is 18.4 Å². The number of nitrogens with zero attached hydrogens (tertiary/aromatic N) is 2. The number of hydrogen-bond donors (Lipinski definition) is 0. The fraction of sp³-hybridized carbons (Fsp3) is 0.600. The topological polar surface area (TPSA) is 59.1 Å². The van der Waals surface area contributed by atoms with Crippen LogP contribution in [0.25, 0.3) is 0 Å². The van der Waals surface area contributed by atoms with Gasteiger partial charge in [0, 0.05) is 32.6 Å². The van der Waals surface area contributed by atoms with Crippen molar-refractivity contribution in [2.45, 2.75) is 32.1 Å². The van der Waals surface area contributed by atoms with E-state index in [2.05, 4.69) is 12.1 Å². The first-order valence-corrected chi connectivity index (χ1v) is 9.45. The predicted molar refractivity (Wildman–Crippen MR) is 98.3 cm³/mol. The summed E-state index contributed by atoms with van der Waals surface area (Å²) in [4.78, 5) is 28.1. The van der Waals surface area contributed by atoms with E-state index >= 15 is 0 Å². The quantitative estimate of drug-likeness (QED) is 0.783. The smallest absolute Gasteiger partial charge is 0.409 e. The fourth-order valence-corrected chi connectivity index (χ4v) is 3.58. The average Bonchev–Trinajstić information content (AvgIpc) is 3.51. The molecule has 1 saturated carbocycles. The van der Waals surface area contributed by atoms with Gasteiger partial charge in [-0.05, 0) is 49.3 Å². The van der Waals surface area contributed by atoms with E-state index in [9.17, 15) is 9.59 Å².